The van der Waals surface area contributed by atoms with E-state index in [0.29, 0.717) is 25.6 Å². The van der Waals surface area contributed by atoms with Crippen molar-refractivity contribution in [3.8, 4) is 0 Å². The zero-order valence-electron chi connectivity index (χ0n) is 14.1. The molecule has 1 aromatic carbocycles. The van der Waals surface area contributed by atoms with Gasteiger partial charge in [-0.3, -0.25) is 14.4 Å². The molecule has 1 atom stereocenters. The number of rotatable bonds is 5. The van der Waals surface area contributed by atoms with Gasteiger partial charge in [-0.2, -0.15) is 0 Å². The fourth-order valence-corrected chi connectivity index (χ4v) is 3.82. The monoisotopic (exact) mass is 364 g/mol. The van der Waals surface area contributed by atoms with Gasteiger partial charge in [-0.1, -0.05) is 29.5 Å². The van der Waals surface area contributed by atoms with E-state index in [0.717, 1.165) is 35.3 Å². The zero-order valence-corrected chi connectivity index (χ0v) is 14.9. The normalized spacial score (nSPS) is 21.6. The first-order valence-electron chi connectivity index (χ1n) is 8.33. The maximum Gasteiger partial charge on any atom is 0.293 e. The van der Waals surface area contributed by atoms with Crippen LogP contribution in [0.3, 0.4) is 0 Å². The number of benzene rings is 1. The van der Waals surface area contributed by atoms with Crippen LogP contribution in [0.2, 0.25) is 0 Å². The number of anilines is 1. The van der Waals surface area contributed by atoms with Gasteiger partial charge >= 0.3 is 0 Å². The summed E-state index contributed by atoms with van der Waals surface area (Å²) < 4.78 is 5.29. The Hall–Kier alpha value is -1.90. The highest BCUT2D eigenvalue weighted by Gasteiger charge is 2.42. The summed E-state index contributed by atoms with van der Waals surface area (Å²) in [5.41, 5.74) is 1.79. The minimum atomic E-state index is -0.640. The molecule has 0 radical (unpaired) electrons. The van der Waals surface area contributed by atoms with Gasteiger partial charge in [0, 0.05) is 12.1 Å². The van der Waals surface area contributed by atoms with E-state index in [1.807, 2.05) is 31.2 Å². The summed E-state index contributed by atoms with van der Waals surface area (Å²) in [6, 6.07) is 7.44. The lowest BCUT2D eigenvalue weighted by Gasteiger charge is -2.26. The number of quaternary nitrogens is 1. The Balaban J connectivity index is 1.54. The minimum absolute atomic E-state index is 0.00192. The fourth-order valence-electron chi connectivity index (χ4n) is 2.83. The predicted octanol–water partition coefficient (Wildman–Crippen LogP) is 0.260. The van der Waals surface area contributed by atoms with E-state index in [1.54, 1.807) is 0 Å². The molecule has 0 aromatic heterocycles. The van der Waals surface area contributed by atoms with Gasteiger partial charge in [0.15, 0.2) is 6.67 Å². The van der Waals surface area contributed by atoms with Crippen molar-refractivity contribution in [2.24, 2.45) is 0 Å². The van der Waals surface area contributed by atoms with Gasteiger partial charge < -0.3 is 15.0 Å². The van der Waals surface area contributed by atoms with Crippen LogP contribution >= 0.6 is 11.8 Å². The Morgan fingerprint density at radius 3 is 2.64 bits per heavy atom. The SMILES string of the molecule is Cc1ccc(NC(=O)C[C@@H]2SC(=O)N(C[NH+]3CCOCC3)C2=O)cc1. The highest BCUT2D eigenvalue weighted by molar-refractivity contribution is 8.15. The van der Waals surface area contributed by atoms with Crippen LogP contribution < -0.4 is 10.2 Å². The highest BCUT2D eigenvalue weighted by Crippen LogP contribution is 2.28. The van der Waals surface area contributed by atoms with E-state index in [-0.39, 0.29) is 23.5 Å². The van der Waals surface area contributed by atoms with Crippen molar-refractivity contribution in [1.29, 1.82) is 0 Å². The van der Waals surface area contributed by atoms with Crippen molar-refractivity contribution in [2.45, 2.75) is 18.6 Å². The highest BCUT2D eigenvalue weighted by atomic mass is 32.2. The number of morpholine rings is 1. The fraction of sp³-hybridized carbons (Fsp3) is 0.471. The number of carbonyl (C=O) groups is 3. The number of thioether (sulfide) groups is 1. The van der Waals surface area contributed by atoms with Gasteiger partial charge in [0.25, 0.3) is 5.24 Å². The number of aryl methyl sites for hydroxylation is 1. The molecule has 2 fully saturated rings. The lowest BCUT2D eigenvalue weighted by atomic mass is 10.2. The van der Waals surface area contributed by atoms with E-state index < -0.39 is 5.25 Å². The number of nitrogens with zero attached hydrogens (tertiary/aromatic N) is 1. The van der Waals surface area contributed by atoms with Crippen molar-refractivity contribution in [3.05, 3.63) is 29.8 Å². The molecule has 1 aromatic rings. The number of imide groups is 1. The molecule has 0 saturated carbocycles. The van der Waals surface area contributed by atoms with Crippen LogP contribution in [0.5, 0.6) is 0 Å². The van der Waals surface area contributed by atoms with E-state index in [9.17, 15) is 14.4 Å². The maximum absolute atomic E-state index is 12.5. The zero-order chi connectivity index (χ0) is 17.8. The predicted molar refractivity (Wildman–Crippen MR) is 94.4 cm³/mol. The first kappa shape index (κ1) is 17.9. The second-order valence-electron chi connectivity index (χ2n) is 6.28. The van der Waals surface area contributed by atoms with E-state index >= 15 is 0 Å². The second-order valence-corrected chi connectivity index (χ2v) is 7.43. The van der Waals surface area contributed by atoms with Crippen molar-refractivity contribution in [3.63, 3.8) is 0 Å². The quantitative estimate of drug-likeness (QED) is 0.784. The molecule has 0 unspecified atom stereocenters. The van der Waals surface area contributed by atoms with Crippen molar-refractivity contribution in [1.82, 2.24) is 4.90 Å². The Kier molecular flexibility index (Phi) is 5.72. The molecule has 8 heteroatoms. The van der Waals surface area contributed by atoms with Gasteiger partial charge in [0.2, 0.25) is 11.8 Å². The third kappa shape index (κ3) is 4.59. The third-order valence-corrected chi connectivity index (χ3v) is 5.37. The largest absolute Gasteiger partial charge is 0.370 e. The van der Waals surface area contributed by atoms with Crippen LogP contribution in [-0.4, -0.2) is 60.2 Å². The van der Waals surface area contributed by atoms with Crippen molar-refractivity contribution in [2.75, 3.05) is 38.3 Å². The van der Waals surface area contributed by atoms with Crippen molar-refractivity contribution < 1.29 is 24.0 Å². The molecule has 2 heterocycles. The Morgan fingerprint density at radius 2 is 1.96 bits per heavy atom. The summed E-state index contributed by atoms with van der Waals surface area (Å²) in [7, 11) is 0. The molecule has 2 saturated heterocycles. The topological polar surface area (TPSA) is 80.2 Å². The molecule has 134 valence electrons. The van der Waals surface area contributed by atoms with Gasteiger partial charge in [-0.25, -0.2) is 4.90 Å². The maximum atomic E-state index is 12.5. The van der Waals surface area contributed by atoms with Gasteiger partial charge in [0.1, 0.15) is 18.3 Å². The van der Waals surface area contributed by atoms with Crippen molar-refractivity contribution >= 4 is 34.5 Å². The van der Waals surface area contributed by atoms with Crippen LogP contribution in [-0.2, 0) is 14.3 Å². The van der Waals surface area contributed by atoms with Crippen LogP contribution in [0.1, 0.15) is 12.0 Å². The van der Waals surface area contributed by atoms with Gasteiger partial charge in [-0.05, 0) is 19.1 Å². The number of hydrogen-bond acceptors (Lipinski definition) is 5. The number of ether oxygens (including phenoxy) is 1. The number of amides is 3. The average molecular weight is 364 g/mol. The lowest BCUT2D eigenvalue weighted by molar-refractivity contribution is -0.915. The molecule has 3 amide bonds. The molecule has 0 aliphatic carbocycles. The summed E-state index contributed by atoms with van der Waals surface area (Å²) >= 11 is 0.944. The first-order chi connectivity index (χ1) is 12.0. The molecule has 3 rings (SSSR count). The van der Waals surface area contributed by atoms with E-state index in [2.05, 4.69) is 5.32 Å². The van der Waals surface area contributed by atoms with Gasteiger partial charge in [0.05, 0.1) is 13.2 Å². The number of nitrogens with one attached hydrogen (secondary N) is 2. The third-order valence-electron chi connectivity index (χ3n) is 4.29. The Bertz CT molecular complexity index is 658. The molecule has 25 heavy (non-hydrogen) atoms. The summed E-state index contributed by atoms with van der Waals surface area (Å²) in [6.45, 7) is 5.16. The molecule has 7 nitrogen and oxygen atoms in total. The molecule has 0 bridgehead atoms. The molecular formula is C17H22N3O4S+. The molecule has 2 N–H and O–H groups in total. The molecule has 2 aliphatic rings. The lowest BCUT2D eigenvalue weighted by Crippen LogP contribution is -3.15. The standard InChI is InChI=1S/C17H21N3O4S/c1-12-2-4-13(5-3-12)18-15(21)10-14-16(22)20(17(23)25-14)11-19-6-8-24-9-7-19/h2-5,14H,6-11H2,1H3,(H,18,21)/p+1/t14-/m0/s1. The molecular weight excluding hydrogens is 342 g/mol. The van der Waals surface area contributed by atoms with E-state index in [1.165, 1.54) is 4.90 Å². The van der Waals surface area contributed by atoms with Crippen LogP contribution in [0.15, 0.2) is 24.3 Å². The Labute approximate surface area is 150 Å². The summed E-state index contributed by atoms with van der Waals surface area (Å²) in [5.74, 6) is -0.531. The summed E-state index contributed by atoms with van der Waals surface area (Å²) in [6.07, 6.45) is -0.00192. The van der Waals surface area contributed by atoms with Gasteiger partial charge in [-0.15, -0.1) is 0 Å². The number of carbonyl (C=O) groups excluding carboxylic acids is 3. The Morgan fingerprint density at radius 1 is 1.28 bits per heavy atom. The molecule has 2 aliphatic heterocycles. The first-order valence-corrected chi connectivity index (χ1v) is 9.21. The van der Waals surface area contributed by atoms with Crippen LogP contribution in [0, 0.1) is 6.92 Å². The van der Waals surface area contributed by atoms with E-state index in [4.69, 9.17) is 4.74 Å². The summed E-state index contributed by atoms with van der Waals surface area (Å²) in [5, 5.41) is 1.86. The second kappa shape index (κ2) is 7.99. The smallest absolute Gasteiger partial charge is 0.293 e. The molecule has 0 spiro atoms. The summed E-state index contributed by atoms with van der Waals surface area (Å²) in [4.78, 5) is 39.2. The minimum Gasteiger partial charge on any atom is -0.370 e. The average Bonchev–Trinajstić information content (AvgIpc) is 2.85. The number of hydrogen-bond donors (Lipinski definition) is 2. The van der Waals surface area contributed by atoms with Crippen LogP contribution in [0.4, 0.5) is 10.5 Å². The van der Waals surface area contributed by atoms with Crippen LogP contribution in [0.25, 0.3) is 0 Å².